The quantitative estimate of drug-likeness (QED) is 0.776. The van der Waals surface area contributed by atoms with Gasteiger partial charge in [0.1, 0.15) is 0 Å². The zero-order chi connectivity index (χ0) is 10.7. The molecule has 1 aromatic carbocycles. The van der Waals surface area contributed by atoms with E-state index < -0.39 is 0 Å². The topological polar surface area (TPSA) is 41.6 Å². The molecule has 0 aliphatic rings. The summed E-state index contributed by atoms with van der Waals surface area (Å²) in [5.74, 6) is 0. The maximum absolute atomic E-state index is 8.52. The monoisotopic (exact) mass is 217 g/mol. The van der Waals surface area contributed by atoms with Gasteiger partial charge >= 0.3 is 0 Å². The molecule has 15 heavy (non-hydrogen) atoms. The Labute approximate surface area is 92.5 Å². The number of hydrogen-bond donors (Lipinski definition) is 0. The first kappa shape index (κ1) is 9.75. The Bertz CT molecular complexity index is 493. The zero-order valence-electron chi connectivity index (χ0n) is 7.89. The van der Waals surface area contributed by atoms with Gasteiger partial charge in [0, 0.05) is 6.20 Å². The zero-order valence-corrected chi connectivity index (χ0v) is 8.65. The Hall–Kier alpha value is -1.79. The van der Waals surface area contributed by atoms with Crippen LogP contribution in [-0.2, 0) is 6.42 Å². The molecular weight excluding hydrogens is 210 g/mol. The first-order chi connectivity index (χ1) is 7.29. The molecule has 74 valence electrons. The van der Waals surface area contributed by atoms with E-state index in [9.17, 15) is 0 Å². The second kappa shape index (κ2) is 4.16. The Morgan fingerprint density at radius 3 is 2.60 bits per heavy atom. The third-order valence-corrected chi connectivity index (χ3v) is 2.23. The van der Waals surface area contributed by atoms with Crippen molar-refractivity contribution in [3.63, 3.8) is 0 Å². The summed E-state index contributed by atoms with van der Waals surface area (Å²) in [7, 11) is 0. The lowest BCUT2D eigenvalue weighted by molar-refractivity contribution is 0.879. The molecular formula is C11H8ClN3. The van der Waals surface area contributed by atoms with Crippen molar-refractivity contribution in [2.24, 2.45) is 0 Å². The molecule has 1 aromatic heterocycles. The lowest BCUT2D eigenvalue weighted by atomic mass is 10.1. The van der Waals surface area contributed by atoms with Crippen LogP contribution in [0.25, 0.3) is 5.69 Å². The Balaban J connectivity index is 2.28. The second-order valence-electron chi connectivity index (χ2n) is 3.10. The van der Waals surface area contributed by atoms with Gasteiger partial charge in [-0.15, -0.1) is 0 Å². The molecule has 0 fully saturated rings. The van der Waals surface area contributed by atoms with Crippen molar-refractivity contribution >= 4 is 11.6 Å². The molecule has 0 bridgehead atoms. The van der Waals surface area contributed by atoms with E-state index in [1.807, 2.05) is 24.3 Å². The van der Waals surface area contributed by atoms with E-state index >= 15 is 0 Å². The van der Waals surface area contributed by atoms with Gasteiger partial charge in [0.25, 0.3) is 0 Å². The minimum Gasteiger partial charge on any atom is -0.239 e. The van der Waals surface area contributed by atoms with E-state index in [1.54, 1.807) is 17.1 Å². The van der Waals surface area contributed by atoms with Gasteiger partial charge in [-0.2, -0.15) is 10.4 Å². The van der Waals surface area contributed by atoms with E-state index in [1.165, 1.54) is 0 Å². The van der Waals surface area contributed by atoms with Crippen LogP contribution in [0.2, 0.25) is 5.02 Å². The summed E-state index contributed by atoms with van der Waals surface area (Å²) in [4.78, 5) is 0. The van der Waals surface area contributed by atoms with Crippen LogP contribution >= 0.6 is 11.6 Å². The largest absolute Gasteiger partial charge is 0.239 e. The first-order valence-electron chi connectivity index (χ1n) is 4.46. The summed E-state index contributed by atoms with van der Waals surface area (Å²) in [6, 6.07) is 9.75. The summed E-state index contributed by atoms with van der Waals surface area (Å²) < 4.78 is 1.69. The van der Waals surface area contributed by atoms with Gasteiger partial charge in [0.2, 0.25) is 0 Å². The van der Waals surface area contributed by atoms with Crippen molar-refractivity contribution in [1.82, 2.24) is 9.78 Å². The van der Waals surface area contributed by atoms with Gasteiger partial charge in [-0.3, -0.25) is 0 Å². The highest BCUT2D eigenvalue weighted by Gasteiger charge is 1.98. The number of hydrogen-bond acceptors (Lipinski definition) is 2. The molecule has 0 spiro atoms. The molecule has 0 aliphatic heterocycles. The molecule has 3 nitrogen and oxygen atoms in total. The van der Waals surface area contributed by atoms with Gasteiger partial charge in [-0.25, -0.2) is 4.68 Å². The maximum atomic E-state index is 8.52. The van der Waals surface area contributed by atoms with E-state index in [-0.39, 0.29) is 0 Å². The third kappa shape index (κ3) is 2.17. The molecule has 0 atom stereocenters. The molecule has 2 rings (SSSR count). The fourth-order valence-corrected chi connectivity index (χ4v) is 1.44. The minimum atomic E-state index is 0.431. The van der Waals surface area contributed by atoms with Crippen LogP contribution in [0, 0.1) is 11.3 Å². The van der Waals surface area contributed by atoms with Gasteiger partial charge in [-0.05, 0) is 17.7 Å². The predicted octanol–water partition coefficient (Wildman–Crippen LogP) is 2.59. The van der Waals surface area contributed by atoms with Crippen molar-refractivity contribution in [1.29, 1.82) is 5.26 Å². The molecule has 1 heterocycles. The number of rotatable bonds is 2. The minimum absolute atomic E-state index is 0.431. The highest BCUT2D eigenvalue weighted by atomic mass is 35.5. The van der Waals surface area contributed by atoms with Crippen LogP contribution in [0.1, 0.15) is 5.56 Å². The van der Waals surface area contributed by atoms with Crippen molar-refractivity contribution in [2.45, 2.75) is 6.42 Å². The van der Waals surface area contributed by atoms with E-state index in [0.717, 1.165) is 11.3 Å². The van der Waals surface area contributed by atoms with E-state index in [0.29, 0.717) is 11.4 Å². The van der Waals surface area contributed by atoms with Crippen LogP contribution in [-0.4, -0.2) is 9.78 Å². The summed E-state index contributed by atoms with van der Waals surface area (Å²) in [6.07, 6.45) is 3.76. The molecule has 0 unspecified atom stereocenters. The van der Waals surface area contributed by atoms with Crippen LogP contribution in [0.4, 0.5) is 0 Å². The lowest BCUT2D eigenvalue weighted by Gasteiger charge is -2.01. The van der Waals surface area contributed by atoms with Gasteiger partial charge in [0.15, 0.2) is 0 Å². The van der Waals surface area contributed by atoms with E-state index in [2.05, 4.69) is 11.2 Å². The SMILES string of the molecule is N#CCc1ccc(-n2cc(Cl)cn2)cc1. The molecule has 0 saturated heterocycles. The van der Waals surface area contributed by atoms with Crippen molar-refractivity contribution in [3.8, 4) is 11.8 Å². The third-order valence-electron chi connectivity index (χ3n) is 2.04. The molecule has 0 saturated carbocycles. The maximum Gasteiger partial charge on any atom is 0.0790 e. The smallest absolute Gasteiger partial charge is 0.0790 e. The van der Waals surface area contributed by atoms with Crippen molar-refractivity contribution < 1.29 is 0 Å². The normalized spacial score (nSPS) is 9.87. The highest BCUT2D eigenvalue weighted by Crippen LogP contribution is 2.12. The Kier molecular flexibility index (Phi) is 2.70. The number of nitriles is 1. The first-order valence-corrected chi connectivity index (χ1v) is 4.84. The molecule has 0 N–H and O–H groups in total. The van der Waals surface area contributed by atoms with Crippen LogP contribution in [0.3, 0.4) is 0 Å². The summed E-state index contributed by atoms with van der Waals surface area (Å²) in [5, 5.41) is 13.2. The summed E-state index contributed by atoms with van der Waals surface area (Å²) in [5.41, 5.74) is 1.93. The Morgan fingerprint density at radius 1 is 1.33 bits per heavy atom. The predicted molar refractivity (Wildman–Crippen MR) is 57.9 cm³/mol. The van der Waals surface area contributed by atoms with Crippen molar-refractivity contribution in [2.75, 3.05) is 0 Å². The van der Waals surface area contributed by atoms with E-state index in [4.69, 9.17) is 16.9 Å². The van der Waals surface area contributed by atoms with Crippen LogP contribution < -0.4 is 0 Å². The van der Waals surface area contributed by atoms with Gasteiger partial charge in [0.05, 0.1) is 29.4 Å². The molecule has 0 radical (unpaired) electrons. The number of nitrogens with zero attached hydrogens (tertiary/aromatic N) is 3. The second-order valence-corrected chi connectivity index (χ2v) is 3.54. The molecule has 4 heteroatoms. The average molecular weight is 218 g/mol. The summed E-state index contributed by atoms with van der Waals surface area (Å²) >= 11 is 5.76. The van der Waals surface area contributed by atoms with Crippen molar-refractivity contribution in [3.05, 3.63) is 47.2 Å². The highest BCUT2D eigenvalue weighted by molar-refractivity contribution is 6.30. The summed E-state index contributed by atoms with van der Waals surface area (Å²) in [6.45, 7) is 0. The lowest BCUT2D eigenvalue weighted by Crippen LogP contribution is -1.94. The van der Waals surface area contributed by atoms with Crippen LogP contribution in [0.15, 0.2) is 36.7 Å². The average Bonchev–Trinajstić information content (AvgIpc) is 2.67. The number of benzene rings is 1. The van der Waals surface area contributed by atoms with Gasteiger partial charge < -0.3 is 0 Å². The molecule has 2 aromatic rings. The molecule has 0 aliphatic carbocycles. The van der Waals surface area contributed by atoms with Crippen LogP contribution in [0.5, 0.6) is 0 Å². The van der Waals surface area contributed by atoms with Gasteiger partial charge in [-0.1, -0.05) is 23.7 Å². The standard InChI is InChI=1S/C11H8ClN3/c12-10-7-14-15(8-10)11-3-1-9(2-4-11)5-6-13/h1-4,7-8H,5H2. The molecule has 0 amide bonds. The number of halogens is 1. The Morgan fingerprint density at radius 2 is 2.07 bits per heavy atom. The fraction of sp³-hybridized carbons (Fsp3) is 0.0909. The fourth-order valence-electron chi connectivity index (χ4n) is 1.30. The number of aromatic nitrogens is 2.